The molecule has 1 N–H and O–H groups in total. The van der Waals surface area contributed by atoms with Crippen LogP contribution in [0.4, 0.5) is 0 Å². The van der Waals surface area contributed by atoms with E-state index in [2.05, 4.69) is 25.5 Å². The number of benzene rings is 1. The van der Waals surface area contributed by atoms with E-state index in [4.69, 9.17) is 16.1 Å². The number of nitrogens with one attached hydrogen (secondary N) is 1. The Morgan fingerprint density at radius 1 is 1.19 bits per heavy atom. The van der Waals surface area contributed by atoms with E-state index >= 15 is 0 Å². The molecule has 0 bridgehead atoms. The van der Waals surface area contributed by atoms with Crippen LogP contribution in [-0.4, -0.2) is 30.8 Å². The van der Waals surface area contributed by atoms with Gasteiger partial charge in [-0.3, -0.25) is 4.79 Å². The topological polar surface area (TPSA) is 98.7 Å². The number of halogens is 1. The zero-order valence-electron chi connectivity index (χ0n) is 15.1. The summed E-state index contributed by atoms with van der Waals surface area (Å²) in [6.45, 7) is 3.53. The van der Waals surface area contributed by atoms with Crippen molar-refractivity contribution >= 4 is 17.5 Å². The highest BCUT2D eigenvalue weighted by Gasteiger charge is 2.42. The fraction of sp³-hybridized carbons (Fsp3) is 0.389. The summed E-state index contributed by atoms with van der Waals surface area (Å²) in [5.41, 5.74) is 0.155. The minimum absolute atomic E-state index is 0.106. The second-order valence-corrected chi connectivity index (χ2v) is 7.19. The number of hydrogen-bond acceptors (Lipinski definition) is 6. The molecule has 0 aliphatic heterocycles. The third-order valence-electron chi connectivity index (χ3n) is 4.81. The number of aromatic nitrogens is 5. The minimum Gasteiger partial charge on any atom is -0.340 e. The van der Waals surface area contributed by atoms with Gasteiger partial charge in [0, 0.05) is 11.9 Å². The lowest BCUT2D eigenvalue weighted by molar-refractivity contribution is 0.0881. The zero-order chi connectivity index (χ0) is 19.0. The minimum atomic E-state index is -0.630. The van der Waals surface area contributed by atoms with Gasteiger partial charge in [0.15, 0.2) is 5.82 Å². The largest absolute Gasteiger partial charge is 0.340 e. The van der Waals surface area contributed by atoms with E-state index in [0.29, 0.717) is 22.6 Å². The van der Waals surface area contributed by atoms with Gasteiger partial charge in [-0.2, -0.15) is 4.98 Å². The second kappa shape index (κ2) is 6.77. The first kappa shape index (κ1) is 17.7. The van der Waals surface area contributed by atoms with Crippen LogP contribution in [0.25, 0.3) is 5.69 Å². The van der Waals surface area contributed by atoms with Crippen molar-refractivity contribution in [2.24, 2.45) is 0 Å². The molecule has 1 saturated carbocycles. The van der Waals surface area contributed by atoms with Crippen molar-refractivity contribution in [3.63, 3.8) is 0 Å². The molecule has 3 aromatic rings. The smallest absolute Gasteiger partial charge is 0.291 e. The molecule has 1 fully saturated rings. The summed E-state index contributed by atoms with van der Waals surface area (Å²) in [6.07, 6.45) is 3.49. The summed E-state index contributed by atoms with van der Waals surface area (Å²) in [4.78, 5) is 21.5. The number of carbonyl (C=O) groups is 1. The Morgan fingerprint density at radius 3 is 2.52 bits per heavy atom. The van der Waals surface area contributed by atoms with Crippen LogP contribution in [0.15, 0.2) is 28.8 Å². The molecule has 0 spiro atoms. The normalized spacial score (nSPS) is 15.8. The molecule has 0 radical (unpaired) electrons. The number of carbonyl (C=O) groups excluding carboxylic acids is 1. The van der Waals surface area contributed by atoms with Crippen LogP contribution in [0.1, 0.15) is 53.8 Å². The average molecular weight is 387 g/mol. The van der Waals surface area contributed by atoms with E-state index in [1.54, 1.807) is 30.7 Å². The third-order valence-corrected chi connectivity index (χ3v) is 5.06. The van der Waals surface area contributed by atoms with Gasteiger partial charge in [0.1, 0.15) is 11.4 Å². The van der Waals surface area contributed by atoms with Gasteiger partial charge in [0.25, 0.3) is 5.91 Å². The van der Waals surface area contributed by atoms with Gasteiger partial charge >= 0.3 is 0 Å². The first-order chi connectivity index (χ1) is 13.0. The highest BCUT2D eigenvalue weighted by atomic mass is 35.5. The van der Waals surface area contributed by atoms with Gasteiger partial charge in [-0.1, -0.05) is 29.6 Å². The van der Waals surface area contributed by atoms with Gasteiger partial charge in [0.2, 0.25) is 11.7 Å². The van der Waals surface area contributed by atoms with Crippen LogP contribution < -0.4 is 5.32 Å². The molecule has 9 heteroatoms. The molecule has 0 unspecified atom stereocenters. The zero-order valence-corrected chi connectivity index (χ0v) is 15.8. The summed E-state index contributed by atoms with van der Waals surface area (Å²) in [7, 11) is 0. The van der Waals surface area contributed by atoms with Crippen LogP contribution in [0.2, 0.25) is 5.02 Å². The molecular formula is C18H19ClN6O2. The molecule has 1 aliphatic carbocycles. The number of aryl methyl sites for hydroxylation is 2. The van der Waals surface area contributed by atoms with Gasteiger partial charge in [-0.25, -0.2) is 9.67 Å². The Kier molecular flexibility index (Phi) is 4.43. The predicted octanol–water partition coefficient (Wildman–Crippen LogP) is 3.12. The van der Waals surface area contributed by atoms with Gasteiger partial charge in [0.05, 0.1) is 5.69 Å². The number of rotatable bonds is 4. The summed E-state index contributed by atoms with van der Waals surface area (Å²) in [6, 6.07) is 7.19. The van der Waals surface area contributed by atoms with Crippen LogP contribution in [0, 0.1) is 13.8 Å². The molecule has 4 rings (SSSR count). The number of amides is 1. The third kappa shape index (κ3) is 3.32. The second-order valence-electron chi connectivity index (χ2n) is 6.75. The standard InChI is InChI=1S/C18H19ClN6O2/c1-11-20-15(23-25(11)14-7-5-13(19)6-8-14)16(26)22-18(9-3-4-10-18)17-21-12(2)27-24-17/h5-8H,3-4,9-10H2,1-2H3,(H,22,26). The number of hydrogen-bond donors (Lipinski definition) is 1. The number of nitrogens with zero attached hydrogens (tertiary/aromatic N) is 5. The molecule has 140 valence electrons. The van der Waals surface area contributed by atoms with Crippen LogP contribution in [0.5, 0.6) is 0 Å². The monoisotopic (exact) mass is 386 g/mol. The Balaban J connectivity index is 1.61. The highest BCUT2D eigenvalue weighted by molar-refractivity contribution is 6.30. The lowest BCUT2D eigenvalue weighted by atomic mass is 9.96. The molecule has 0 saturated heterocycles. The van der Waals surface area contributed by atoms with Crippen molar-refractivity contribution in [2.75, 3.05) is 0 Å². The molecule has 27 heavy (non-hydrogen) atoms. The van der Waals surface area contributed by atoms with Gasteiger partial charge in [-0.05, 0) is 44.0 Å². The first-order valence-corrected chi connectivity index (χ1v) is 9.18. The SMILES string of the molecule is Cc1nc(C2(NC(=O)c3nc(C)n(-c4ccc(Cl)cc4)n3)CCCC2)no1. The molecule has 0 atom stereocenters. The highest BCUT2D eigenvalue weighted by Crippen LogP contribution is 2.37. The van der Waals surface area contributed by atoms with Crippen molar-refractivity contribution in [3.05, 3.63) is 52.7 Å². The van der Waals surface area contributed by atoms with E-state index in [1.807, 2.05) is 12.1 Å². The molecule has 1 amide bonds. The van der Waals surface area contributed by atoms with Crippen LogP contribution >= 0.6 is 11.6 Å². The van der Waals surface area contributed by atoms with Gasteiger partial charge in [-0.15, -0.1) is 5.10 Å². The van der Waals surface area contributed by atoms with Crippen LogP contribution in [-0.2, 0) is 5.54 Å². The van der Waals surface area contributed by atoms with Gasteiger partial charge < -0.3 is 9.84 Å². The van der Waals surface area contributed by atoms with E-state index in [1.165, 1.54) is 0 Å². The molecule has 2 aromatic heterocycles. The maximum absolute atomic E-state index is 12.9. The van der Waals surface area contributed by atoms with E-state index in [0.717, 1.165) is 31.4 Å². The Bertz CT molecular complexity index is 972. The van der Waals surface area contributed by atoms with E-state index in [9.17, 15) is 4.79 Å². The van der Waals surface area contributed by atoms with Crippen LogP contribution in [0.3, 0.4) is 0 Å². The van der Waals surface area contributed by atoms with Crippen molar-refractivity contribution in [1.29, 1.82) is 0 Å². The van der Waals surface area contributed by atoms with Crippen molar-refractivity contribution in [3.8, 4) is 5.69 Å². The molecule has 8 nitrogen and oxygen atoms in total. The maximum atomic E-state index is 12.9. The van der Waals surface area contributed by atoms with Crippen molar-refractivity contribution in [2.45, 2.75) is 45.1 Å². The van der Waals surface area contributed by atoms with E-state index < -0.39 is 5.54 Å². The predicted molar refractivity (Wildman–Crippen MR) is 97.8 cm³/mol. The molecule has 1 aromatic carbocycles. The lowest BCUT2D eigenvalue weighted by Crippen LogP contribution is -2.45. The van der Waals surface area contributed by atoms with Crippen molar-refractivity contribution < 1.29 is 9.32 Å². The summed E-state index contributed by atoms with van der Waals surface area (Å²) < 4.78 is 6.74. The molecule has 1 aliphatic rings. The fourth-order valence-electron chi connectivity index (χ4n) is 3.46. The quantitative estimate of drug-likeness (QED) is 0.739. The summed E-state index contributed by atoms with van der Waals surface area (Å²) >= 11 is 5.94. The summed E-state index contributed by atoms with van der Waals surface area (Å²) in [5, 5.41) is 12.1. The lowest BCUT2D eigenvalue weighted by Gasteiger charge is -2.25. The Morgan fingerprint density at radius 2 is 1.89 bits per heavy atom. The van der Waals surface area contributed by atoms with E-state index in [-0.39, 0.29) is 11.7 Å². The maximum Gasteiger partial charge on any atom is 0.291 e. The Labute approximate surface area is 160 Å². The Hall–Kier alpha value is -2.74. The average Bonchev–Trinajstić information content (AvgIpc) is 3.36. The first-order valence-electron chi connectivity index (χ1n) is 8.80. The fourth-order valence-corrected chi connectivity index (χ4v) is 3.59. The molecular weight excluding hydrogens is 368 g/mol. The summed E-state index contributed by atoms with van der Waals surface area (Å²) in [5.74, 6) is 1.36. The molecule has 2 heterocycles. The van der Waals surface area contributed by atoms with Crippen molar-refractivity contribution in [1.82, 2.24) is 30.2 Å².